The average molecular weight is 273 g/mol. The maximum Gasteiger partial charge on any atom is 0.328 e. The van der Waals surface area contributed by atoms with Crippen molar-refractivity contribution in [1.29, 1.82) is 0 Å². The molecule has 1 amide bonds. The molecule has 0 unspecified atom stereocenters. The summed E-state index contributed by atoms with van der Waals surface area (Å²) in [5.74, 6) is -0.792. The predicted molar refractivity (Wildman–Crippen MR) is 78.4 cm³/mol. The number of carbonyl (C=O) groups is 2. The van der Waals surface area contributed by atoms with Crippen LogP contribution in [0.2, 0.25) is 0 Å². The van der Waals surface area contributed by atoms with Gasteiger partial charge in [-0.2, -0.15) is 0 Å². The summed E-state index contributed by atoms with van der Waals surface area (Å²) in [5, 5.41) is 11.6. The van der Waals surface area contributed by atoms with E-state index in [1.165, 1.54) is 6.08 Å². The highest BCUT2D eigenvalue weighted by Crippen LogP contribution is 2.27. The molecule has 2 N–H and O–H groups in total. The van der Waals surface area contributed by atoms with E-state index >= 15 is 0 Å². The van der Waals surface area contributed by atoms with E-state index in [0.717, 1.165) is 48.6 Å². The molecule has 0 radical (unpaired) electrons. The fraction of sp³-hybridized carbons (Fsp3) is 0.375. The molecule has 0 saturated heterocycles. The van der Waals surface area contributed by atoms with Crippen LogP contribution >= 0.6 is 0 Å². The standard InChI is InChI=1S/C16H19NO3/c1-11-6-7-12(8-9-15(18)19)10-14(11)17-16(20)13-4-2-3-5-13/h6-10,13H,2-5H2,1H3,(H,17,20)(H,18,19). The summed E-state index contributed by atoms with van der Waals surface area (Å²) >= 11 is 0. The van der Waals surface area contributed by atoms with Crippen LogP contribution in [-0.2, 0) is 9.59 Å². The normalized spacial score (nSPS) is 15.7. The minimum absolute atomic E-state index is 0.0740. The van der Waals surface area contributed by atoms with E-state index in [2.05, 4.69) is 5.32 Å². The smallest absolute Gasteiger partial charge is 0.328 e. The fourth-order valence-electron chi connectivity index (χ4n) is 2.47. The average Bonchev–Trinajstić information content (AvgIpc) is 2.93. The lowest BCUT2D eigenvalue weighted by molar-refractivity contribution is -0.131. The van der Waals surface area contributed by atoms with Crippen LogP contribution in [0, 0.1) is 12.8 Å². The van der Waals surface area contributed by atoms with Crippen molar-refractivity contribution in [3.05, 3.63) is 35.4 Å². The zero-order valence-electron chi connectivity index (χ0n) is 11.6. The Bertz CT molecular complexity index is 543. The molecule has 0 aliphatic heterocycles. The molecule has 1 fully saturated rings. The van der Waals surface area contributed by atoms with Gasteiger partial charge in [-0.05, 0) is 43.0 Å². The molecule has 2 rings (SSSR count). The zero-order chi connectivity index (χ0) is 14.5. The first-order valence-corrected chi connectivity index (χ1v) is 6.89. The summed E-state index contributed by atoms with van der Waals surface area (Å²) in [6, 6.07) is 5.52. The Kier molecular flexibility index (Phi) is 4.56. The van der Waals surface area contributed by atoms with Crippen molar-refractivity contribution in [2.45, 2.75) is 32.6 Å². The van der Waals surface area contributed by atoms with Crippen LogP contribution in [0.25, 0.3) is 6.08 Å². The van der Waals surface area contributed by atoms with Gasteiger partial charge < -0.3 is 10.4 Å². The van der Waals surface area contributed by atoms with Crippen molar-refractivity contribution in [1.82, 2.24) is 0 Å². The number of aliphatic carboxylic acids is 1. The minimum Gasteiger partial charge on any atom is -0.478 e. The van der Waals surface area contributed by atoms with Gasteiger partial charge in [0.05, 0.1) is 0 Å². The molecule has 0 aromatic heterocycles. The van der Waals surface area contributed by atoms with Crippen molar-refractivity contribution in [3.8, 4) is 0 Å². The van der Waals surface area contributed by atoms with E-state index < -0.39 is 5.97 Å². The van der Waals surface area contributed by atoms with Gasteiger partial charge in [0, 0.05) is 17.7 Å². The van der Waals surface area contributed by atoms with Crippen LogP contribution in [0.1, 0.15) is 36.8 Å². The van der Waals surface area contributed by atoms with Gasteiger partial charge >= 0.3 is 5.97 Å². The second-order valence-electron chi connectivity index (χ2n) is 5.22. The molecule has 1 aliphatic carbocycles. The van der Waals surface area contributed by atoms with Crippen LogP contribution in [0.15, 0.2) is 24.3 Å². The minimum atomic E-state index is -0.984. The Labute approximate surface area is 118 Å². The molecule has 1 aromatic carbocycles. The van der Waals surface area contributed by atoms with Gasteiger partial charge in [0.2, 0.25) is 5.91 Å². The van der Waals surface area contributed by atoms with E-state index in [1.807, 2.05) is 25.1 Å². The lowest BCUT2D eigenvalue weighted by atomic mass is 10.1. The van der Waals surface area contributed by atoms with Crippen LogP contribution in [0.4, 0.5) is 5.69 Å². The Morgan fingerprint density at radius 3 is 2.65 bits per heavy atom. The van der Waals surface area contributed by atoms with Crippen LogP contribution in [-0.4, -0.2) is 17.0 Å². The summed E-state index contributed by atoms with van der Waals surface area (Å²) in [6.07, 6.45) is 6.78. The highest BCUT2D eigenvalue weighted by atomic mass is 16.4. The van der Waals surface area contributed by atoms with Crippen molar-refractivity contribution in [3.63, 3.8) is 0 Å². The predicted octanol–water partition coefficient (Wildman–Crippen LogP) is 3.22. The van der Waals surface area contributed by atoms with Gasteiger partial charge in [0.25, 0.3) is 0 Å². The maximum atomic E-state index is 12.1. The quantitative estimate of drug-likeness (QED) is 0.828. The van der Waals surface area contributed by atoms with E-state index in [4.69, 9.17) is 5.11 Å². The van der Waals surface area contributed by atoms with E-state index in [-0.39, 0.29) is 11.8 Å². The topological polar surface area (TPSA) is 66.4 Å². The largest absolute Gasteiger partial charge is 0.478 e. The molecule has 0 spiro atoms. The van der Waals surface area contributed by atoms with Crippen LogP contribution in [0.5, 0.6) is 0 Å². The first-order chi connectivity index (χ1) is 9.56. The third-order valence-corrected chi connectivity index (χ3v) is 3.66. The number of carboxylic acid groups (broad SMARTS) is 1. The van der Waals surface area contributed by atoms with Gasteiger partial charge in [-0.1, -0.05) is 25.0 Å². The molecular formula is C16H19NO3. The number of benzene rings is 1. The molecule has 0 bridgehead atoms. The van der Waals surface area contributed by atoms with Crippen molar-refractivity contribution >= 4 is 23.6 Å². The van der Waals surface area contributed by atoms with Gasteiger partial charge in [0.15, 0.2) is 0 Å². The SMILES string of the molecule is Cc1ccc(C=CC(=O)O)cc1NC(=O)C1CCCC1. The highest BCUT2D eigenvalue weighted by Gasteiger charge is 2.22. The molecular weight excluding hydrogens is 254 g/mol. The third kappa shape index (κ3) is 3.70. The van der Waals surface area contributed by atoms with Crippen molar-refractivity contribution in [2.24, 2.45) is 5.92 Å². The number of carbonyl (C=O) groups excluding carboxylic acids is 1. The Hall–Kier alpha value is -2.10. The molecule has 4 heteroatoms. The molecule has 0 atom stereocenters. The van der Waals surface area contributed by atoms with Gasteiger partial charge in [-0.15, -0.1) is 0 Å². The molecule has 1 saturated carbocycles. The highest BCUT2D eigenvalue weighted by molar-refractivity contribution is 5.94. The van der Waals surface area contributed by atoms with Gasteiger partial charge in [-0.25, -0.2) is 4.79 Å². The summed E-state index contributed by atoms with van der Waals surface area (Å²) in [5.41, 5.74) is 2.50. The van der Waals surface area contributed by atoms with Crippen LogP contribution in [0.3, 0.4) is 0 Å². The summed E-state index contributed by atoms with van der Waals surface area (Å²) in [7, 11) is 0. The molecule has 20 heavy (non-hydrogen) atoms. The molecule has 106 valence electrons. The number of carboxylic acids is 1. The number of hydrogen-bond donors (Lipinski definition) is 2. The first-order valence-electron chi connectivity index (χ1n) is 6.89. The number of nitrogens with one attached hydrogen (secondary N) is 1. The lowest BCUT2D eigenvalue weighted by Gasteiger charge is -2.13. The lowest BCUT2D eigenvalue weighted by Crippen LogP contribution is -2.20. The Morgan fingerprint density at radius 2 is 2.00 bits per heavy atom. The van der Waals surface area contributed by atoms with Crippen LogP contribution < -0.4 is 5.32 Å². The van der Waals surface area contributed by atoms with Gasteiger partial charge in [0.1, 0.15) is 0 Å². The number of hydrogen-bond acceptors (Lipinski definition) is 2. The molecule has 1 aromatic rings. The second-order valence-corrected chi connectivity index (χ2v) is 5.22. The summed E-state index contributed by atoms with van der Waals surface area (Å²) in [4.78, 5) is 22.6. The first kappa shape index (κ1) is 14.3. The number of amides is 1. The third-order valence-electron chi connectivity index (χ3n) is 3.66. The number of aryl methyl sites for hydroxylation is 1. The van der Waals surface area contributed by atoms with Crippen molar-refractivity contribution in [2.75, 3.05) is 5.32 Å². The Morgan fingerprint density at radius 1 is 1.30 bits per heavy atom. The number of rotatable bonds is 4. The molecule has 1 aliphatic rings. The second kappa shape index (κ2) is 6.37. The monoisotopic (exact) mass is 273 g/mol. The fourth-order valence-corrected chi connectivity index (χ4v) is 2.47. The summed E-state index contributed by atoms with van der Waals surface area (Å²) < 4.78 is 0. The van der Waals surface area contributed by atoms with Gasteiger partial charge in [-0.3, -0.25) is 4.79 Å². The zero-order valence-corrected chi connectivity index (χ0v) is 11.6. The Balaban J connectivity index is 2.11. The summed E-state index contributed by atoms with van der Waals surface area (Å²) in [6.45, 7) is 1.93. The van der Waals surface area contributed by atoms with E-state index in [1.54, 1.807) is 0 Å². The number of anilines is 1. The molecule has 4 nitrogen and oxygen atoms in total. The van der Waals surface area contributed by atoms with E-state index in [0.29, 0.717) is 0 Å². The maximum absolute atomic E-state index is 12.1. The van der Waals surface area contributed by atoms with Crippen molar-refractivity contribution < 1.29 is 14.7 Å². The van der Waals surface area contributed by atoms with E-state index in [9.17, 15) is 9.59 Å². The molecule has 0 heterocycles.